The second-order valence-electron chi connectivity index (χ2n) is 12.4. The van der Waals surface area contributed by atoms with Gasteiger partial charge in [-0.1, -0.05) is 26.3 Å². The number of aromatic nitrogens is 2. The molecule has 2 saturated heterocycles. The summed E-state index contributed by atoms with van der Waals surface area (Å²) in [6, 6.07) is 8.96. The lowest BCUT2D eigenvalue weighted by molar-refractivity contribution is -0.172. The number of amides is 1. The van der Waals surface area contributed by atoms with Crippen LogP contribution < -0.4 is 5.56 Å². The van der Waals surface area contributed by atoms with Gasteiger partial charge in [-0.15, -0.1) is 0 Å². The zero-order valence-electron chi connectivity index (χ0n) is 24.8. The van der Waals surface area contributed by atoms with Gasteiger partial charge in [-0.2, -0.15) is 0 Å². The number of hydrogen-bond acceptors (Lipinski definition) is 7. The first-order chi connectivity index (χ1) is 20.7. The van der Waals surface area contributed by atoms with Crippen LogP contribution in [0.3, 0.4) is 0 Å². The Bertz CT molecular complexity index is 1710. The van der Waals surface area contributed by atoms with Crippen molar-refractivity contribution in [2.24, 2.45) is 0 Å². The zero-order valence-corrected chi connectivity index (χ0v) is 24.8. The molecule has 2 aromatic heterocycles. The molecule has 0 radical (unpaired) electrons. The van der Waals surface area contributed by atoms with Crippen LogP contribution in [0.4, 0.5) is 4.79 Å². The summed E-state index contributed by atoms with van der Waals surface area (Å²) < 4.78 is 6.93. The number of nitrogens with zero attached hydrogens (tertiary/aromatic N) is 4. The number of piperidine rings is 2. The minimum absolute atomic E-state index is 0.111. The van der Waals surface area contributed by atoms with Gasteiger partial charge in [-0.05, 0) is 74.4 Å². The van der Waals surface area contributed by atoms with Gasteiger partial charge in [0, 0.05) is 41.7 Å². The molecule has 6 heterocycles. The number of cyclic esters (lactones) is 1. The van der Waals surface area contributed by atoms with Crippen LogP contribution in [0.25, 0.3) is 22.3 Å². The van der Waals surface area contributed by atoms with Crippen molar-refractivity contribution in [2.75, 3.05) is 19.6 Å². The Labute approximate surface area is 249 Å². The maximum absolute atomic E-state index is 13.7. The molecule has 1 amide bonds. The van der Waals surface area contributed by atoms with Crippen molar-refractivity contribution in [1.29, 1.82) is 0 Å². The molecule has 2 atom stereocenters. The second-order valence-corrected chi connectivity index (χ2v) is 12.4. The summed E-state index contributed by atoms with van der Waals surface area (Å²) in [6.07, 6.45) is 5.14. The van der Waals surface area contributed by atoms with Gasteiger partial charge >= 0.3 is 12.1 Å². The Morgan fingerprint density at radius 2 is 1.86 bits per heavy atom. The molecule has 1 aromatic carbocycles. The summed E-state index contributed by atoms with van der Waals surface area (Å²) in [7, 11) is 0. The van der Waals surface area contributed by atoms with E-state index < -0.39 is 17.7 Å². The molecule has 4 aliphatic rings. The molecular weight excluding hydrogens is 548 g/mol. The van der Waals surface area contributed by atoms with Gasteiger partial charge in [0.1, 0.15) is 6.61 Å². The van der Waals surface area contributed by atoms with Gasteiger partial charge in [0.25, 0.3) is 5.56 Å². The fourth-order valence-electron chi connectivity index (χ4n) is 7.93. The number of ether oxygens (including phenoxy) is 1. The van der Waals surface area contributed by atoms with E-state index in [1.54, 1.807) is 17.6 Å². The molecule has 10 nitrogen and oxygen atoms in total. The molecule has 4 aliphatic heterocycles. The Kier molecular flexibility index (Phi) is 6.81. The third kappa shape index (κ3) is 4.29. The monoisotopic (exact) mass is 586 g/mol. The number of likely N-dealkylation sites (tertiary alicyclic amines) is 2. The first-order valence-electron chi connectivity index (χ1n) is 15.6. The van der Waals surface area contributed by atoms with Crippen molar-refractivity contribution in [3.8, 4) is 11.4 Å². The average molecular weight is 587 g/mol. The average Bonchev–Trinajstić information content (AvgIpc) is 3.40. The summed E-state index contributed by atoms with van der Waals surface area (Å²) in [5, 5.41) is 21.7. The van der Waals surface area contributed by atoms with Crippen LogP contribution in [0.1, 0.15) is 86.2 Å². The SMILES string of the molecule is CCc1c2c(nc3ccc([C@@H]4CCCCN4C4CCN(C(=O)O)CC4)cc13)-c1cc3c(c(=O)n1C2)COC(=O)C3(O)CC. The van der Waals surface area contributed by atoms with E-state index in [9.17, 15) is 24.6 Å². The number of carboxylic acid groups (broad SMARTS) is 1. The number of aryl methyl sites for hydroxylation is 1. The molecular formula is C33H38N4O6. The van der Waals surface area contributed by atoms with Crippen LogP contribution in [-0.2, 0) is 34.7 Å². The molecule has 0 bridgehead atoms. The van der Waals surface area contributed by atoms with Gasteiger partial charge in [0.05, 0.1) is 29.0 Å². The zero-order chi connectivity index (χ0) is 30.0. The fourth-order valence-corrected chi connectivity index (χ4v) is 7.93. The molecule has 0 aliphatic carbocycles. The smallest absolute Gasteiger partial charge is 0.407 e. The van der Waals surface area contributed by atoms with E-state index in [1.165, 1.54) is 10.5 Å². The summed E-state index contributed by atoms with van der Waals surface area (Å²) in [6.45, 7) is 6.27. The van der Waals surface area contributed by atoms with Gasteiger partial charge < -0.3 is 24.4 Å². The van der Waals surface area contributed by atoms with Crippen molar-refractivity contribution < 1.29 is 24.5 Å². The van der Waals surface area contributed by atoms with E-state index in [-0.39, 0.29) is 24.6 Å². The molecule has 43 heavy (non-hydrogen) atoms. The molecule has 0 saturated carbocycles. The van der Waals surface area contributed by atoms with Crippen LogP contribution in [0.5, 0.6) is 0 Å². The number of pyridine rings is 2. The molecule has 2 N–H and O–H groups in total. The fraction of sp³-hybridized carbons (Fsp3) is 0.515. The van der Waals surface area contributed by atoms with E-state index in [4.69, 9.17) is 9.72 Å². The summed E-state index contributed by atoms with van der Waals surface area (Å²) in [5.74, 6) is -0.720. The van der Waals surface area contributed by atoms with Crippen LogP contribution in [0, 0.1) is 0 Å². The second kappa shape index (κ2) is 10.4. The predicted octanol–water partition coefficient (Wildman–Crippen LogP) is 4.31. The molecule has 3 aromatic rings. The summed E-state index contributed by atoms with van der Waals surface area (Å²) in [5.41, 5.74) is 4.24. The Morgan fingerprint density at radius 3 is 2.58 bits per heavy atom. The Morgan fingerprint density at radius 1 is 1.07 bits per heavy atom. The third-order valence-electron chi connectivity index (χ3n) is 10.3. The van der Waals surface area contributed by atoms with Crippen LogP contribution >= 0.6 is 0 Å². The number of carbonyl (C=O) groups excluding carboxylic acids is 1. The highest BCUT2D eigenvalue weighted by molar-refractivity contribution is 5.89. The number of fused-ring (bicyclic) bond motifs is 5. The van der Waals surface area contributed by atoms with Crippen molar-refractivity contribution in [1.82, 2.24) is 19.4 Å². The molecule has 2 fully saturated rings. The quantitative estimate of drug-likeness (QED) is 0.339. The maximum atomic E-state index is 13.7. The van der Waals surface area contributed by atoms with Crippen molar-refractivity contribution in [2.45, 2.75) is 89.6 Å². The predicted molar refractivity (Wildman–Crippen MR) is 160 cm³/mol. The van der Waals surface area contributed by atoms with Crippen LogP contribution in [0.15, 0.2) is 29.1 Å². The van der Waals surface area contributed by atoms with E-state index in [0.717, 1.165) is 72.8 Å². The topological polar surface area (TPSA) is 125 Å². The van der Waals surface area contributed by atoms with E-state index >= 15 is 0 Å². The minimum Gasteiger partial charge on any atom is -0.465 e. The highest BCUT2D eigenvalue weighted by atomic mass is 16.6. The van der Waals surface area contributed by atoms with E-state index in [2.05, 4.69) is 30.0 Å². The van der Waals surface area contributed by atoms with Crippen molar-refractivity contribution >= 4 is 23.0 Å². The third-order valence-corrected chi connectivity index (χ3v) is 10.3. The van der Waals surface area contributed by atoms with Crippen molar-refractivity contribution in [3.05, 3.63) is 62.4 Å². The standard InChI is InChI=1S/C33H38N4O6/c1-3-21-22-15-19(27-7-5-6-12-36(27)20-10-13-35(14-11-20)32(40)41)8-9-26(22)34-29-23(21)17-37-28(29)16-25-24(30(37)38)18-43-31(39)33(25,42)4-2/h8-9,15-16,20,27,42H,3-7,10-14,17-18H2,1-2H3,(H,40,41)/t27-,33?/m0/s1. The lowest BCUT2D eigenvalue weighted by Crippen LogP contribution is -2.48. The first-order valence-corrected chi connectivity index (χ1v) is 15.6. The van der Waals surface area contributed by atoms with Crippen molar-refractivity contribution in [3.63, 3.8) is 0 Å². The lowest BCUT2D eigenvalue weighted by Gasteiger charge is -2.44. The van der Waals surface area contributed by atoms with Gasteiger partial charge in [-0.25, -0.2) is 14.6 Å². The number of esters is 1. The summed E-state index contributed by atoms with van der Waals surface area (Å²) >= 11 is 0. The number of rotatable bonds is 4. The van der Waals surface area contributed by atoms with Crippen LogP contribution in [0.2, 0.25) is 0 Å². The summed E-state index contributed by atoms with van der Waals surface area (Å²) in [4.78, 5) is 46.9. The molecule has 1 unspecified atom stereocenters. The number of carbonyl (C=O) groups is 2. The Balaban J connectivity index is 1.28. The number of aliphatic hydroxyl groups is 1. The number of hydrogen-bond donors (Lipinski definition) is 2. The lowest BCUT2D eigenvalue weighted by atomic mass is 9.86. The minimum atomic E-state index is -1.85. The van der Waals surface area contributed by atoms with Gasteiger partial charge in [0.2, 0.25) is 0 Å². The first kappa shape index (κ1) is 28.0. The van der Waals surface area contributed by atoms with Crippen LogP contribution in [-0.4, -0.2) is 67.3 Å². The van der Waals surface area contributed by atoms with E-state index in [1.807, 2.05) is 0 Å². The normalized spacial score (nSPS) is 24.0. The highest BCUT2D eigenvalue weighted by Crippen LogP contribution is 2.42. The number of benzene rings is 1. The molecule has 10 heteroatoms. The largest absolute Gasteiger partial charge is 0.465 e. The Hall–Kier alpha value is -3.76. The van der Waals surface area contributed by atoms with Gasteiger partial charge in [0.15, 0.2) is 5.60 Å². The molecule has 0 spiro atoms. The molecule has 7 rings (SSSR count). The van der Waals surface area contributed by atoms with Gasteiger partial charge in [-0.3, -0.25) is 9.69 Å². The highest BCUT2D eigenvalue weighted by Gasteiger charge is 2.45. The maximum Gasteiger partial charge on any atom is 0.407 e. The van der Waals surface area contributed by atoms with E-state index in [0.29, 0.717) is 42.5 Å². The molecule has 226 valence electrons.